The Morgan fingerprint density at radius 2 is 2.38 bits per heavy atom. The Morgan fingerprint density at radius 3 is 3.14 bits per heavy atom. The zero-order valence-corrected chi connectivity index (χ0v) is 13.7. The highest BCUT2D eigenvalue weighted by Gasteiger charge is 2.30. The van der Waals surface area contributed by atoms with Crippen molar-refractivity contribution < 1.29 is 9.59 Å². The van der Waals surface area contributed by atoms with Gasteiger partial charge < -0.3 is 4.90 Å². The van der Waals surface area contributed by atoms with Crippen LogP contribution in [0.15, 0.2) is 18.2 Å². The van der Waals surface area contributed by atoms with Crippen molar-refractivity contribution in [1.29, 1.82) is 0 Å². The lowest BCUT2D eigenvalue weighted by atomic mass is 10.1. The first-order valence-corrected chi connectivity index (χ1v) is 8.71. The van der Waals surface area contributed by atoms with Crippen LogP contribution in [0.5, 0.6) is 0 Å². The number of benzene rings is 1. The van der Waals surface area contributed by atoms with Crippen molar-refractivity contribution in [3.8, 4) is 0 Å². The van der Waals surface area contributed by atoms with Gasteiger partial charge in [-0.05, 0) is 24.1 Å². The van der Waals surface area contributed by atoms with Gasteiger partial charge in [0.15, 0.2) is 9.58 Å². The Balaban J connectivity index is 1.78. The van der Waals surface area contributed by atoms with Crippen molar-refractivity contribution in [3.63, 3.8) is 0 Å². The second-order valence-electron chi connectivity index (χ2n) is 5.00. The molecule has 2 aromatic rings. The summed E-state index contributed by atoms with van der Waals surface area (Å²) in [5.74, 6) is 1.02. The van der Waals surface area contributed by atoms with E-state index < -0.39 is 0 Å². The van der Waals surface area contributed by atoms with Crippen LogP contribution >= 0.6 is 34.7 Å². The first-order chi connectivity index (χ1) is 10.0. The predicted octanol–water partition coefficient (Wildman–Crippen LogP) is 3.58. The number of carbonyl (C=O) groups excluding carboxylic acids is 2. The highest BCUT2D eigenvalue weighted by molar-refractivity contribution is 8.13. The zero-order chi connectivity index (χ0) is 15.0. The molecule has 1 saturated heterocycles. The minimum Gasteiger partial charge on any atom is -0.312 e. The van der Waals surface area contributed by atoms with Crippen molar-refractivity contribution in [1.82, 2.24) is 4.98 Å². The molecule has 1 aromatic heterocycles. The third kappa shape index (κ3) is 3.22. The van der Waals surface area contributed by atoms with Gasteiger partial charge in [-0.1, -0.05) is 23.4 Å². The average Bonchev–Trinajstić information content (AvgIpc) is 2.97. The molecule has 0 radical (unpaired) electrons. The quantitative estimate of drug-likeness (QED) is 0.856. The zero-order valence-electron chi connectivity index (χ0n) is 11.3. The van der Waals surface area contributed by atoms with Crippen LogP contribution in [0.4, 0.5) is 5.69 Å². The van der Waals surface area contributed by atoms with Gasteiger partial charge in [-0.2, -0.15) is 0 Å². The topological polar surface area (TPSA) is 50.3 Å². The second kappa shape index (κ2) is 5.94. The normalized spacial score (nSPS) is 18.7. The monoisotopic (exact) mass is 340 g/mol. The highest BCUT2D eigenvalue weighted by Crippen LogP contribution is 2.32. The third-order valence-corrected chi connectivity index (χ3v) is 5.57. The fourth-order valence-corrected chi connectivity index (χ4v) is 4.14. The van der Waals surface area contributed by atoms with Crippen molar-refractivity contribution in [3.05, 3.63) is 22.7 Å². The van der Waals surface area contributed by atoms with E-state index in [1.807, 2.05) is 18.2 Å². The molecule has 2 heterocycles. The number of nitrogens with zero attached hydrogens (tertiary/aromatic N) is 2. The van der Waals surface area contributed by atoms with Gasteiger partial charge >= 0.3 is 0 Å². The maximum atomic E-state index is 12.2. The maximum Gasteiger partial charge on any atom is 0.227 e. The van der Waals surface area contributed by atoms with E-state index in [1.165, 1.54) is 23.1 Å². The van der Waals surface area contributed by atoms with Gasteiger partial charge in [0.25, 0.3) is 0 Å². The molecule has 1 aliphatic rings. The number of aromatic nitrogens is 1. The molecule has 110 valence electrons. The molecule has 3 rings (SSSR count). The summed E-state index contributed by atoms with van der Waals surface area (Å²) < 4.78 is 1.52. The van der Waals surface area contributed by atoms with Crippen LogP contribution in [0.2, 0.25) is 4.47 Å². The lowest BCUT2D eigenvalue weighted by Gasteiger charge is -2.16. The molecule has 0 bridgehead atoms. The van der Waals surface area contributed by atoms with E-state index in [0.717, 1.165) is 15.9 Å². The van der Waals surface area contributed by atoms with E-state index >= 15 is 0 Å². The number of halogens is 1. The van der Waals surface area contributed by atoms with Crippen LogP contribution in [0, 0.1) is 5.92 Å². The van der Waals surface area contributed by atoms with Gasteiger partial charge in [0, 0.05) is 31.3 Å². The average molecular weight is 341 g/mol. The summed E-state index contributed by atoms with van der Waals surface area (Å²) in [7, 11) is 0. The van der Waals surface area contributed by atoms with E-state index in [2.05, 4.69) is 4.98 Å². The van der Waals surface area contributed by atoms with Crippen LogP contribution in [-0.2, 0) is 9.59 Å². The smallest absolute Gasteiger partial charge is 0.227 e. The van der Waals surface area contributed by atoms with Gasteiger partial charge in [-0.3, -0.25) is 9.59 Å². The minimum absolute atomic E-state index is 0.0967. The third-order valence-electron chi connectivity index (χ3n) is 3.38. The molecule has 0 N–H and O–H groups in total. The summed E-state index contributed by atoms with van der Waals surface area (Å²) in [5.41, 5.74) is 1.67. The van der Waals surface area contributed by atoms with Gasteiger partial charge in [0.05, 0.1) is 10.2 Å². The van der Waals surface area contributed by atoms with Crippen LogP contribution in [-0.4, -0.2) is 28.3 Å². The Kier molecular flexibility index (Phi) is 4.19. The Labute approximate surface area is 135 Å². The summed E-state index contributed by atoms with van der Waals surface area (Å²) in [6.45, 7) is 2.21. The van der Waals surface area contributed by atoms with Crippen LogP contribution in [0.1, 0.15) is 13.3 Å². The summed E-state index contributed by atoms with van der Waals surface area (Å²) in [6.07, 6.45) is 0.496. The molecule has 1 amide bonds. The van der Waals surface area contributed by atoms with E-state index in [1.54, 1.807) is 11.8 Å². The number of anilines is 1. The molecule has 1 unspecified atom stereocenters. The molecule has 1 atom stereocenters. The van der Waals surface area contributed by atoms with Crippen molar-refractivity contribution >= 4 is 61.6 Å². The first-order valence-electron chi connectivity index (χ1n) is 6.53. The molecule has 0 spiro atoms. The van der Waals surface area contributed by atoms with Gasteiger partial charge in [-0.15, -0.1) is 11.3 Å². The number of rotatable bonds is 3. The summed E-state index contributed by atoms with van der Waals surface area (Å²) in [4.78, 5) is 29.2. The molecule has 0 saturated carbocycles. The lowest BCUT2D eigenvalue weighted by Crippen LogP contribution is -2.24. The van der Waals surface area contributed by atoms with Crippen molar-refractivity contribution in [2.24, 2.45) is 5.92 Å². The molecule has 0 aliphatic carbocycles. The van der Waals surface area contributed by atoms with Crippen LogP contribution < -0.4 is 4.90 Å². The number of thiazole rings is 1. The molecule has 1 aliphatic heterocycles. The molecule has 7 heteroatoms. The summed E-state index contributed by atoms with van der Waals surface area (Å²) >= 11 is 8.62. The van der Waals surface area contributed by atoms with Gasteiger partial charge in [-0.25, -0.2) is 4.98 Å². The Morgan fingerprint density at radius 1 is 1.57 bits per heavy atom. The number of amides is 1. The number of carbonyl (C=O) groups is 2. The van der Waals surface area contributed by atoms with E-state index in [-0.39, 0.29) is 16.9 Å². The van der Waals surface area contributed by atoms with Crippen molar-refractivity contribution in [2.75, 3.05) is 17.2 Å². The standard InChI is InChI=1S/C14H13ClN2O2S2/c1-8(18)20-7-9-4-13(19)17(6-9)10-2-3-12-11(5-10)16-14(15)21-12/h2-3,5,9H,4,6-7H2,1H3. The highest BCUT2D eigenvalue weighted by atomic mass is 35.5. The molecule has 1 aromatic carbocycles. The van der Waals surface area contributed by atoms with Crippen LogP contribution in [0.25, 0.3) is 10.2 Å². The fraction of sp³-hybridized carbons (Fsp3) is 0.357. The molecular formula is C14H13ClN2O2S2. The van der Waals surface area contributed by atoms with E-state index in [4.69, 9.17) is 11.6 Å². The SMILES string of the molecule is CC(=O)SCC1CC(=O)N(c2ccc3sc(Cl)nc3c2)C1. The number of thioether (sulfide) groups is 1. The van der Waals surface area contributed by atoms with Gasteiger partial charge in [0.2, 0.25) is 5.91 Å². The van der Waals surface area contributed by atoms with E-state index in [0.29, 0.717) is 23.2 Å². The summed E-state index contributed by atoms with van der Waals surface area (Å²) in [6, 6.07) is 5.77. The number of hydrogen-bond acceptors (Lipinski definition) is 5. The first kappa shape index (κ1) is 14.8. The van der Waals surface area contributed by atoms with Crippen LogP contribution in [0.3, 0.4) is 0 Å². The van der Waals surface area contributed by atoms with Gasteiger partial charge in [0.1, 0.15) is 0 Å². The Hall–Kier alpha value is -1.11. The lowest BCUT2D eigenvalue weighted by molar-refractivity contribution is -0.117. The fourth-order valence-electron chi connectivity index (χ4n) is 2.43. The number of hydrogen-bond donors (Lipinski definition) is 0. The minimum atomic E-state index is 0.0967. The second-order valence-corrected chi connectivity index (χ2v) is 7.81. The molecule has 1 fully saturated rings. The summed E-state index contributed by atoms with van der Waals surface area (Å²) in [5, 5.41) is 0.0967. The molecular weight excluding hydrogens is 328 g/mol. The largest absolute Gasteiger partial charge is 0.312 e. The molecule has 4 nitrogen and oxygen atoms in total. The predicted molar refractivity (Wildman–Crippen MR) is 88.2 cm³/mol. The Bertz CT molecular complexity index is 716. The maximum absolute atomic E-state index is 12.2. The van der Waals surface area contributed by atoms with E-state index in [9.17, 15) is 9.59 Å². The number of fused-ring (bicyclic) bond motifs is 1. The van der Waals surface area contributed by atoms with Crippen molar-refractivity contribution in [2.45, 2.75) is 13.3 Å². The molecule has 21 heavy (non-hydrogen) atoms.